The number of hydrogen-bond acceptors (Lipinski definition) is 3. The highest BCUT2D eigenvalue weighted by Crippen LogP contribution is 2.26. The van der Waals surface area contributed by atoms with E-state index >= 15 is 0 Å². The third kappa shape index (κ3) is 2.03. The van der Waals surface area contributed by atoms with Gasteiger partial charge in [0.05, 0.1) is 6.61 Å². The Morgan fingerprint density at radius 2 is 2.54 bits per heavy atom. The number of nitrogens with zero attached hydrogens (tertiary/aromatic N) is 1. The highest BCUT2D eigenvalue weighted by atomic mass is 16.5. The standard InChI is InChI=1S/C9H11NO3/c1-3-9(10-4-5-13-9)6-7(2)8(11)12/h3-4H,1-2,5-6H2,(H,11,12). The molecule has 13 heavy (non-hydrogen) atoms. The molecule has 0 spiro atoms. The monoisotopic (exact) mass is 181 g/mol. The van der Waals surface area contributed by atoms with E-state index in [1.54, 1.807) is 6.21 Å². The van der Waals surface area contributed by atoms with Gasteiger partial charge in [-0.2, -0.15) is 0 Å². The van der Waals surface area contributed by atoms with Crippen molar-refractivity contribution in [3.8, 4) is 0 Å². The lowest BCUT2D eigenvalue weighted by Gasteiger charge is -2.20. The molecule has 1 unspecified atom stereocenters. The number of rotatable bonds is 4. The number of aliphatic imine (C=N–C) groups is 1. The summed E-state index contributed by atoms with van der Waals surface area (Å²) in [6.45, 7) is 7.35. The van der Waals surface area contributed by atoms with Crippen LogP contribution in [0, 0.1) is 0 Å². The summed E-state index contributed by atoms with van der Waals surface area (Å²) in [5.41, 5.74) is -0.839. The van der Waals surface area contributed by atoms with Crippen molar-refractivity contribution in [1.82, 2.24) is 0 Å². The second-order valence-electron chi connectivity index (χ2n) is 2.76. The number of hydrogen-bond donors (Lipinski definition) is 1. The fraction of sp³-hybridized carbons (Fsp3) is 0.333. The Hall–Kier alpha value is -1.42. The van der Waals surface area contributed by atoms with Crippen LogP contribution < -0.4 is 0 Å². The Kier molecular flexibility index (Phi) is 2.63. The second kappa shape index (κ2) is 3.53. The molecule has 0 fully saturated rings. The first kappa shape index (κ1) is 9.67. The first-order valence-electron chi connectivity index (χ1n) is 3.82. The van der Waals surface area contributed by atoms with Crippen LogP contribution in [-0.2, 0) is 9.53 Å². The second-order valence-corrected chi connectivity index (χ2v) is 2.76. The minimum Gasteiger partial charge on any atom is -0.478 e. The smallest absolute Gasteiger partial charge is 0.331 e. The Labute approximate surface area is 76.2 Å². The van der Waals surface area contributed by atoms with Crippen LogP contribution in [0.5, 0.6) is 0 Å². The molecule has 1 atom stereocenters. The lowest BCUT2D eigenvalue weighted by molar-refractivity contribution is -0.133. The van der Waals surface area contributed by atoms with E-state index in [1.807, 2.05) is 0 Å². The van der Waals surface area contributed by atoms with Gasteiger partial charge in [-0.05, 0) is 6.08 Å². The van der Waals surface area contributed by atoms with E-state index in [9.17, 15) is 4.79 Å². The van der Waals surface area contributed by atoms with E-state index in [2.05, 4.69) is 18.2 Å². The van der Waals surface area contributed by atoms with Gasteiger partial charge in [0.2, 0.25) is 0 Å². The number of aliphatic carboxylic acids is 1. The zero-order chi connectivity index (χ0) is 9.90. The van der Waals surface area contributed by atoms with Crippen molar-refractivity contribution in [2.24, 2.45) is 4.99 Å². The molecular weight excluding hydrogens is 170 g/mol. The summed E-state index contributed by atoms with van der Waals surface area (Å²) in [7, 11) is 0. The quantitative estimate of drug-likeness (QED) is 0.520. The summed E-state index contributed by atoms with van der Waals surface area (Å²) in [5.74, 6) is -1.04. The molecule has 0 amide bonds. The van der Waals surface area contributed by atoms with Crippen molar-refractivity contribution in [2.75, 3.05) is 6.61 Å². The first-order valence-corrected chi connectivity index (χ1v) is 3.82. The van der Waals surface area contributed by atoms with Crippen LogP contribution in [0.25, 0.3) is 0 Å². The molecule has 0 aromatic carbocycles. The molecule has 70 valence electrons. The van der Waals surface area contributed by atoms with E-state index in [1.165, 1.54) is 6.08 Å². The molecule has 4 heteroatoms. The number of carbonyl (C=O) groups is 1. The first-order chi connectivity index (χ1) is 6.09. The molecule has 1 aliphatic rings. The minimum atomic E-state index is -1.04. The van der Waals surface area contributed by atoms with Crippen LogP contribution in [0.15, 0.2) is 29.8 Å². The van der Waals surface area contributed by atoms with Crippen molar-refractivity contribution in [2.45, 2.75) is 12.1 Å². The maximum atomic E-state index is 10.5. The van der Waals surface area contributed by atoms with Gasteiger partial charge in [-0.1, -0.05) is 13.2 Å². The molecule has 0 saturated carbocycles. The molecule has 1 rings (SSSR count). The van der Waals surface area contributed by atoms with Gasteiger partial charge in [-0.3, -0.25) is 4.99 Å². The normalized spacial score (nSPS) is 25.8. The summed E-state index contributed by atoms with van der Waals surface area (Å²) >= 11 is 0. The number of ether oxygens (including phenoxy) is 1. The van der Waals surface area contributed by atoms with Crippen LogP contribution in [0.2, 0.25) is 0 Å². The van der Waals surface area contributed by atoms with E-state index in [0.717, 1.165) is 0 Å². The van der Waals surface area contributed by atoms with Crippen molar-refractivity contribution in [3.05, 3.63) is 24.8 Å². The molecule has 0 bridgehead atoms. The van der Waals surface area contributed by atoms with Crippen LogP contribution in [0.3, 0.4) is 0 Å². The van der Waals surface area contributed by atoms with Crippen molar-refractivity contribution >= 4 is 12.2 Å². The highest BCUT2D eigenvalue weighted by Gasteiger charge is 2.31. The zero-order valence-corrected chi connectivity index (χ0v) is 7.19. The lowest BCUT2D eigenvalue weighted by atomic mass is 10.1. The van der Waals surface area contributed by atoms with E-state index in [4.69, 9.17) is 9.84 Å². The molecule has 1 aliphatic heterocycles. The third-order valence-corrected chi connectivity index (χ3v) is 1.81. The van der Waals surface area contributed by atoms with Gasteiger partial charge in [0.25, 0.3) is 0 Å². The third-order valence-electron chi connectivity index (χ3n) is 1.81. The summed E-state index contributed by atoms with van der Waals surface area (Å²) in [5, 5.41) is 8.61. The molecule has 0 aromatic rings. The van der Waals surface area contributed by atoms with Crippen molar-refractivity contribution in [3.63, 3.8) is 0 Å². The van der Waals surface area contributed by atoms with Gasteiger partial charge < -0.3 is 9.84 Å². The van der Waals surface area contributed by atoms with Gasteiger partial charge in [-0.15, -0.1) is 0 Å². The Morgan fingerprint density at radius 1 is 1.85 bits per heavy atom. The summed E-state index contributed by atoms with van der Waals surface area (Å²) in [6, 6.07) is 0. The highest BCUT2D eigenvalue weighted by molar-refractivity contribution is 5.86. The minimum absolute atomic E-state index is 0.0685. The molecule has 1 heterocycles. The summed E-state index contributed by atoms with van der Waals surface area (Å²) < 4.78 is 5.25. The predicted molar refractivity (Wildman–Crippen MR) is 48.8 cm³/mol. The van der Waals surface area contributed by atoms with Gasteiger partial charge in [0, 0.05) is 18.2 Å². The SMILES string of the molecule is C=CC1(CC(=C)C(=O)O)N=CCO1. The molecule has 0 aliphatic carbocycles. The van der Waals surface area contributed by atoms with Gasteiger partial charge in [0.15, 0.2) is 5.72 Å². The molecule has 0 radical (unpaired) electrons. The largest absolute Gasteiger partial charge is 0.478 e. The maximum absolute atomic E-state index is 10.5. The summed E-state index contributed by atoms with van der Waals surface area (Å²) in [6.07, 6.45) is 3.23. The zero-order valence-electron chi connectivity index (χ0n) is 7.19. The van der Waals surface area contributed by atoms with Crippen LogP contribution in [-0.4, -0.2) is 29.6 Å². The van der Waals surface area contributed by atoms with E-state index in [0.29, 0.717) is 6.61 Å². The molecule has 0 saturated heterocycles. The fourth-order valence-electron chi connectivity index (χ4n) is 1.07. The number of carboxylic acid groups (broad SMARTS) is 1. The van der Waals surface area contributed by atoms with Crippen LogP contribution in [0.1, 0.15) is 6.42 Å². The molecular formula is C9H11NO3. The van der Waals surface area contributed by atoms with Crippen molar-refractivity contribution < 1.29 is 14.6 Å². The van der Waals surface area contributed by atoms with Gasteiger partial charge in [-0.25, -0.2) is 4.79 Å². The molecule has 4 nitrogen and oxygen atoms in total. The van der Waals surface area contributed by atoms with Gasteiger partial charge in [0.1, 0.15) is 0 Å². The van der Waals surface area contributed by atoms with Crippen LogP contribution in [0.4, 0.5) is 0 Å². The predicted octanol–water partition coefficient (Wildman–Crippen LogP) is 1.00. The van der Waals surface area contributed by atoms with Crippen LogP contribution >= 0.6 is 0 Å². The Balaban J connectivity index is 2.70. The van der Waals surface area contributed by atoms with E-state index < -0.39 is 11.7 Å². The average molecular weight is 181 g/mol. The lowest BCUT2D eigenvalue weighted by Crippen LogP contribution is -2.25. The van der Waals surface area contributed by atoms with Gasteiger partial charge >= 0.3 is 5.97 Å². The molecule has 1 N–H and O–H groups in total. The fourth-order valence-corrected chi connectivity index (χ4v) is 1.07. The maximum Gasteiger partial charge on any atom is 0.331 e. The van der Waals surface area contributed by atoms with Crippen molar-refractivity contribution in [1.29, 1.82) is 0 Å². The van der Waals surface area contributed by atoms with E-state index in [-0.39, 0.29) is 12.0 Å². The molecule has 0 aromatic heterocycles. The number of carboxylic acids is 1. The average Bonchev–Trinajstić information content (AvgIpc) is 2.54. The summed E-state index contributed by atoms with van der Waals surface area (Å²) in [4.78, 5) is 14.5. The Morgan fingerprint density at radius 3 is 2.92 bits per heavy atom. The topological polar surface area (TPSA) is 58.9 Å². The Bertz CT molecular complexity index is 283.